The second-order valence-corrected chi connectivity index (χ2v) is 8.92. The highest BCUT2D eigenvalue weighted by molar-refractivity contribution is 5.76. The largest absolute Gasteiger partial charge is 0.381 e. The van der Waals surface area contributed by atoms with E-state index < -0.39 is 11.3 Å². The Morgan fingerprint density at radius 2 is 2.19 bits per heavy atom. The number of piperidine rings is 1. The van der Waals surface area contributed by atoms with Gasteiger partial charge in [-0.1, -0.05) is 37.3 Å². The van der Waals surface area contributed by atoms with Gasteiger partial charge in [-0.05, 0) is 38.2 Å². The maximum Gasteiger partial charge on any atom is 0.130 e. The molecule has 2 fully saturated rings. The first-order valence-corrected chi connectivity index (χ1v) is 9.98. The summed E-state index contributed by atoms with van der Waals surface area (Å²) in [7, 11) is 0. The van der Waals surface area contributed by atoms with E-state index in [9.17, 15) is 9.90 Å². The van der Waals surface area contributed by atoms with Crippen molar-refractivity contribution in [1.29, 1.82) is 0 Å². The number of Topliss-reactive ketones (excluding diaryl/α,β-unsaturated/α-hetero) is 1. The molecule has 3 heterocycles. The van der Waals surface area contributed by atoms with E-state index in [-0.39, 0.29) is 23.0 Å². The van der Waals surface area contributed by atoms with Gasteiger partial charge in [0.2, 0.25) is 0 Å². The van der Waals surface area contributed by atoms with Gasteiger partial charge in [0.1, 0.15) is 17.0 Å². The Morgan fingerprint density at radius 3 is 2.96 bits per heavy atom. The summed E-state index contributed by atoms with van der Waals surface area (Å²) < 4.78 is 0. The number of para-hydroxylation sites is 1. The number of fused-ring (bicyclic) bond motifs is 4. The number of allylic oxidation sites excluding steroid dienone is 1. The lowest BCUT2D eigenvalue weighted by Gasteiger charge is -2.60. The summed E-state index contributed by atoms with van der Waals surface area (Å²) in [6.07, 6.45) is 8.12. The fraction of sp³-hybridized carbons (Fsp3) is 0.591. The molecule has 1 aliphatic carbocycles. The van der Waals surface area contributed by atoms with Crippen LogP contribution in [-0.2, 0) is 10.4 Å². The highest BCUT2D eigenvalue weighted by atomic mass is 16.3. The molecule has 1 aromatic rings. The van der Waals surface area contributed by atoms with Crippen LogP contribution in [-0.4, -0.2) is 34.5 Å². The second-order valence-electron chi connectivity index (χ2n) is 8.92. The molecule has 5 rings (SSSR count). The van der Waals surface area contributed by atoms with Crippen molar-refractivity contribution in [2.75, 3.05) is 18.4 Å². The van der Waals surface area contributed by atoms with Gasteiger partial charge in [0.15, 0.2) is 0 Å². The van der Waals surface area contributed by atoms with Gasteiger partial charge in [-0.15, -0.1) is 0 Å². The zero-order valence-electron chi connectivity index (χ0n) is 15.7. The SMILES string of the molecule is CC[C@@]12C=C[C@H](CC(C)=O)[C@@H](C1)[C@@]13Nc4ccccc4[C@]1(O)CCN3C2. The monoisotopic (exact) mass is 352 g/mol. The molecule has 1 aromatic carbocycles. The van der Waals surface area contributed by atoms with Crippen LogP contribution in [0.15, 0.2) is 36.4 Å². The third-order valence-corrected chi connectivity index (χ3v) is 7.68. The molecule has 5 atom stereocenters. The van der Waals surface area contributed by atoms with Crippen LogP contribution in [0.2, 0.25) is 0 Å². The maximum absolute atomic E-state index is 12.0. The number of nitrogens with one attached hydrogen (secondary N) is 1. The van der Waals surface area contributed by atoms with Gasteiger partial charge in [0, 0.05) is 42.1 Å². The maximum atomic E-state index is 12.0. The van der Waals surface area contributed by atoms with E-state index in [2.05, 4.69) is 41.4 Å². The van der Waals surface area contributed by atoms with Gasteiger partial charge in [-0.2, -0.15) is 0 Å². The Morgan fingerprint density at radius 1 is 1.38 bits per heavy atom. The highest BCUT2D eigenvalue weighted by Gasteiger charge is 2.71. The van der Waals surface area contributed by atoms with Gasteiger partial charge >= 0.3 is 0 Å². The topological polar surface area (TPSA) is 52.6 Å². The van der Waals surface area contributed by atoms with Crippen molar-refractivity contribution in [3.63, 3.8) is 0 Å². The van der Waals surface area contributed by atoms with Gasteiger partial charge in [0.25, 0.3) is 0 Å². The zero-order valence-corrected chi connectivity index (χ0v) is 15.7. The van der Waals surface area contributed by atoms with E-state index >= 15 is 0 Å². The van der Waals surface area contributed by atoms with Crippen molar-refractivity contribution in [3.05, 3.63) is 42.0 Å². The summed E-state index contributed by atoms with van der Waals surface area (Å²) in [5.41, 5.74) is 0.891. The van der Waals surface area contributed by atoms with Crippen molar-refractivity contribution < 1.29 is 9.90 Å². The molecule has 0 aromatic heterocycles. The molecule has 138 valence electrons. The third-order valence-electron chi connectivity index (χ3n) is 7.68. The number of aliphatic hydroxyl groups is 1. The molecule has 2 saturated heterocycles. The number of hydrogen-bond acceptors (Lipinski definition) is 4. The molecule has 1 spiro atoms. The number of carbonyl (C=O) groups excluding carboxylic acids is 1. The summed E-state index contributed by atoms with van der Waals surface area (Å²) in [5.74, 6) is 0.639. The lowest BCUT2D eigenvalue weighted by molar-refractivity contribution is -0.135. The first-order chi connectivity index (χ1) is 12.4. The zero-order chi connectivity index (χ0) is 18.2. The number of hydrogen-bond donors (Lipinski definition) is 2. The minimum absolute atomic E-state index is 0.172. The predicted molar refractivity (Wildman–Crippen MR) is 102 cm³/mol. The fourth-order valence-electron chi connectivity index (χ4n) is 6.43. The standard InChI is InChI=1S/C22H28N2O2/c1-3-20-9-8-16(12-15(2)25)18(13-20)22-21(26,10-11-24(22)14-20)17-6-4-5-7-19(17)23-22/h4-9,16,18,23,26H,3,10-14H2,1-2H3/t16-,18-,20-,21-,22+/m1/s1. The molecular weight excluding hydrogens is 324 g/mol. The van der Waals surface area contributed by atoms with Crippen molar-refractivity contribution >= 4 is 11.5 Å². The first kappa shape index (κ1) is 16.5. The number of rotatable bonds is 3. The smallest absolute Gasteiger partial charge is 0.130 e. The first-order valence-electron chi connectivity index (χ1n) is 9.98. The number of nitrogens with zero attached hydrogens (tertiary/aromatic N) is 1. The van der Waals surface area contributed by atoms with Crippen LogP contribution in [0.4, 0.5) is 5.69 Å². The van der Waals surface area contributed by atoms with Crippen LogP contribution < -0.4 is 5.32 Å². The minimum atomic E-state index is -0.881. The Bertz CT molecular complexity index is 805. The van der Waals surface area contributed by atoms with E-state index in [1.807, 2.05) is 12.1 Å². The average molecular weight is 352 g/mol. The molecule has 0 saturated carbocycles. The van der Waals surface area contributed by atoms with Crippen LogP contribution >= 0.6 is 0 Å². The van der Waals surface area contributed by atoms with E-state index in [1.54, 1.807) is 6.92 Å². The van der Waals surface area contributed by atoms with E-state index in [0.29, 0.717) is 6.42 Å². The van der Waals surface area contributed by atoms with E-state index in [1.165, 1.54) is 0 Å². The van der Waals surface area contributed by atoms with Crippen LogP contribution in [0, 0.1) is 17.3 Å². The van der Waals surface area contributed by atoms with Crippen molar-refractivity contribution in [3.8, 4) is 0 Å². The van der Waals surface area contributed by atoms with Crippen molar-refractivity contribution in [1.82, 2.24) is 4.90 Å². The summed E-state index contributed by atoms with van der Waals surface area (Å²) in [6.45, 7) is 5.83. The molecule has 4 aliphatic rings. The van der Waals surface area contributed by atoms with Crippen LogP contribution in [0.3, 0.4) is 0 Å². The predicted octanol–water partition coefficient (Wildman–Crippen LogP) is 3.28. The number of carbonyl (C=O) groups is 1. The normalized spacial score (nSPS) is 42.7. The number of anilines is 1. The molecule has 0 unspecified atom stereocenters. The average Bonchev–Trinajstić information content (AvgIpc) is 3.05. The molecule has 4 heteroatoms. The number of ketones is 1. The summed E-state index contributed by atoms with van der Waals surface area (Å²) in [5, 5.41) is 15.8. The molecule has 2 bridgehead atoms. The molecule has 3 aliphatic heterocycles. The van der Waals surface area contributed by atoms with Gasteiger partial charge in [-0.25, -0.2) is 0 Å². The quantitative estimate of drug-likeness (QED) is 0.820. The lowest BCUT2D eigenvalue weighted by Crippen LogP contribution is -2.70. The Hall–Kier alpha value is -1.65. The summed E-state index contributed by atoms with van der Waals surface area (Å²) in [4.78, 5) is 14.5. The summed E-state index contributed by atoms with van der Waals surface area (Å²) in [6, 6.07) is 8.21. The van der Waals surface area contributed by atoms with Gasteiger partial charge in [0.05, 0.1) is 0 Å². The Balaban J connectivity index is 1.67. The van der Waals surface area contributed by atoms with Gasteiger partial charge < -0.3 is 15.2 Å². The second kappa shape index (κ2) is 5.20. The third kappa shape index (κ3) is 1.84. The van der Waals surface area contributed by atoms with Crippen LogP contribution in [0.1, 0.15) is 45.1 Å². The Labute approximate surface area is 155 Å². The molecular formula is C22H28N2O2. The van der Waals surface area contributed by atoms with Crippen molar-refractivity contribution in [2.24, 2.45) is 17.3 Å². The molecule has 0 amide bonds. The van der Waals surface area contributed by atoms with Crippen molar-refractivity contribution in [2.45, 2.75) is 50.8 Å². The molecule has 2 N–H and O–H groups in total. The van der Waals surface area contributed by atoms with E-state index in [4.69, 9.17) is 0 Å². The highest BCUT2D eigenvalue weighted by Crippen LogP contribution is 2.64. The van der Waals surface area contributed by atoms with E-state index in [0.717, 1.165) is 43.6 Å². The van der Waals surface area contributed by atoms with Crippen LogP contribution in [0.25, 0.3) is 0 Å². The molecule has 4 nitrogen and oxygen atoms in total. The molecule has 0 radical (unpaired) electrons. The fourth-order valence-corrected chi connectivity index (χ4v) is 6.43. The minimum Gasteiger partial charge on any atom is -0.381 e. The summed E-state index contributed by atoms with van der Waals surface area (Å²) >= 11 is 0. The Kier molecular flexibility index (Phi) is 3.31. The lowest BCUT2D eigenvalue weighted by atomic mass is 9.57. The molecule has 26 heavy (non-hydrogen) atoms. The number of benzene rings is 1. The van der Waals surface area contributed by atoms with Crippen LogP contribution in [0.5, 0.6) is 0 Å². The van der Waals surface area contributed by atoms with Gasteiger partial charge in [-0.3, -0.25) is 4.90 Å².